The molecule has 0 amide bonds. The SMILES string of the molecule is CO[S+](N)c1ccc(Cc2c(-c3ccc(F)c(-c4ccc(F)cc4)c3)nn(-c3nc(C(=O)O)cs3)c2CC2CC2)c(F)c1. The molecule has 1 aliphatic rings. The van der Waals surface area contributed by atoms with Gasteiger partial charge in [-0.2, -0.15) is 9.28 Å². The van der Waals surface area contributed by atoms with Gasteiger partial charge >= 0.3 is 5.97 Å². The Kier molecular flexibility index (Phi) is 8.10. The lowest BCUT2D eigenvalue weighted by atomic mass is 9.94. The van der Waals surface area contributed by atoms with E-state index in [-0.39, 0.29) is 17.7 Å². The standard InChI is InChI=1S/C31H25F3N4O3S2/c1-41-43(35)22-10-6-19(26(34)15-22)13-24-28(12-17-2-3-17)38(31-36-27(16-42-31)30(39)40)37-29(24)20-7-11-25(33)23(14-20)18-4-8-21(32)9-5-18/h4-11,14-17H,2-3,12-13,35H2,1H3/p+1. The lowest BCUT2D eigenvalue weighted by Crippen LogP contribution is -2.15. The molecule has 7 nitrogen and oxygen atoms in total. The van der Waals surface area contributed by atoms with Gasteiger partial charge in [-0.3, -0.25) is 0 Å². The second-order valence-electron chi connectivity index (χ2n) is 10.2. The normalized spacial score (nSPS) is 13.8. The van der Waals surface area contributed by atoms with Gasteiger partial charge < -0.3 is 5.11 Å². The molecule has 2 heterocycles. The van der Waals surface area contributed by atoms with Crippen LogP contribution in [0, 0.1) is 23.4 Å². The van der Waals surface area contributed by atoms with E-state index in [1.54, 1.807) is 28.9 Å². The van der Waals surface area contributed by atoms with Gasteiger partial charge in [0.15, 0.2) is 5.69 Å². The lowest BCUT2D eigenvalue weighted by Gasteiger charge is -2.11. The van der Waals surface area contributed by atoms with Gasteiger partial charge in [-0.15, -0.1) is 16.5 Å². The van der Waals surface area contributed by atoms with Gasteiger partial charge in [0.2, 0.25) is 10.0 Å². The van der Waals surface area contributed by atoms with Gasteiger partial charge in [0, 0.05) is 34.6 Å². The summed E-state index contributed by atoms with van der Waals surface area (Å²) in [5.41, 5.74) is 3.62. The minimum atomic E-state index is -1.15. The number of carboxylic acid groups (broad SMARTS) is 1. The van der Waals surface area contributed by atoms with Crippen LogP contribution in [0.5, 0.6) is 0 Å². The zero-order chi connectivity index (χ0) is 30.2. The molecule has 1 fully saturated rings. The predicted molar refractivity (Wildman–Crippen MR) is 159 cm³/mol. The van der Waals surface area contributed by atoms with E-state index in [9.17, 15) is 14.3 Å². The number of thiazole rings is 1. The second-order valence-corrected chi connectivity index (χ2v) is 12.5. The van der Waals surface area contributed by atoms with Crippen LogP contribution in [-0.4, -0.2) is 33.0 Å². The molecule has 43 heavy (non-hydrogen) atoms. The summed E-state index contributed by atoms with van der Waals surface area (Å²) in [6.45, 7) is 0. The van der Waals surface area contributed by atoms with Gasteiger partial charge in [0.1, 0.15) is 17.5 Å². The molecule has 5 aromatic rings. The Balaban J connectivity index is 1.53. The van der Waals surface area contributed by atoms with Crippen molar-refractivity contribution in [2.24, 2.45) is 11.1 Å². The molecular weight excluding hydrogens is 597 g/mol. The third kappa shape index (κ3) is 6.09. The van der Waals surface area contributed by atoms with Crippen molar-refractivity contribution in [2.75, 3.05) is 7.11 Å². The Morgan fingerprint density at radius 3 is 2.47 bits per heavy atom. The van der Waals surface area contributed by atoms with E-state index in [4.69, 9.17) is 14.4 Å². The fourth-order valence-corrected chi connectivity index (χ4v) is 6.32. The Hall–Kier alpha value is -3.97. The zero-order valence-corrected chi connectivity index (χ0v) is 24.5. The minimum absolute atomic E-state index is 0.103. The number of nitrogens with two attached hydrogens (primary N) is 1. The van der Waals surface area contributed by atoms with Crippen LogP contribution in [-0.2, 0) is 28.4 Å². The highest BCUT2D eigenvalue weighted by molar-refractivity contribution is 7.90. The number of rotatable bonds is 10. The molecule has 220 valence electrons. The molecule has 0 radical (unpaired) electrons. The average molecular weight is 624 g/mol. The van der Waals surface area contributed by atoms with Crippen molar-refractivity contribution in [3.05, 3.63) is 106 Å². The van der Waals surface area contributed by atoms with Crippen LogP contribution in [0.3, 0.4) is 0 Å². The Labute approximate surface area is 252 Å². The third-order valence-corrected chi connectivity index (χ3v) is 9.25. The molecular formula is C31H26F3N4O3S2+. The maximum atomic E-state index is 15.5. The molecule has 0 aliphatic heterocycles. The smallest absolute Gasteiger partial charge is 0.355 e. The van der Waals surface area contributed by atoms with Gasteiger partial charge in [-0.05, 0) is 72.7 Å². The van der Waals surface area contributed by atoms with Gasteiger partial charge in [-0.25, -0.2) is 27.6 Å². The molecule has 1 saturated carbocycles. The van der Waals surface area contributed by atoms with Crippen molar-refractivity contribution in [3.8, 4) is 27.5 Å². The Morgan fingerprint density at radius 1 is 1.07 bits per heavy atom. The second kappa shape index (κ2) is 12.0. The summed E-state index contributed by atoms with van der Waals surface area (Å²) < 4.78 is 50.9. The molecule has 12 heteroatoms. The first kappa shape index (κ1) is 29.1. The van der Waals surface area contributed by atoms with Gasteiger partial charge in [0.25, 0.3) is 11.4 Å². The van der Waals surface area contributed by atoms with Gasteiger partial charge in [-0.1, -0.05) is 18.2 Å². The van der Waals surface area contributed by atoms with E-state index in [0.717, 1.165) is 35.4 Å². The number of benzene rings is 3. The molecule has 1 aliphatic carbocycles. The van der Waals surface area contributed by atoms with Crippen LogP contribution in [0.15, 0.2) is 70.9 Å². The summed E-state index contributed by atoms with van der Waals surface area (Å²) >= 11 is 0.0820. The van der Waals surface area contributed by atoms with E-state index >= 15 is 8.78 Å². The first-order valence-electron chi connectivity index (χ1n) is 13.4. The first-order valence-corrected chi connectivity index (χ1v) is 15.5. The number of hydrogen-bond donors (Lipinski definition) is 2. The summed E-state index contributed by atoms with van der Waals surface area (Å²) in [6.07, 6.45) is 2.85. The summed E-state index contributed by atoms with van der Waals surface area (Å²) in [7, 11) is 1.46. The van der Waals surface area contributed by atoms with Crippen LogP contribution in [0.4, 0.5) is 13.2 Å². The Morgan fingerprint density at radius 2 is 1.81 bits per heavy atom. The first-order chi connectivity index (χ1) is 20.7. The summed E-state index contributed by atoms with van der Waals surface area (Å²) in [6, 6.07) is 14.8. The topological polar surface area (TPSA) is 103 Å². The van der Waals surface area contributed by atoms with E-state index in [0.29, 0.717) is 44.8 Å². The van der Waals surface area contributed by atoms with E-state index in [2.05, 4.69) is 4.98 Å². The van der Waals surface area contributed by atoms with Crippen molar-refractivity contribution in [1.82, 2.24) is 14.8 Å². The number of halogens is 3. The fraction of sp³-hybridized carbons (Fsp3) is 0.194. The number of carboxylic acids is 1. The van der Waals surface area contributed by atoms with Crippen molar-refractivity contribution < 1.29 is 27.3 Å². The molecule has 0 bridgehead atoms. The van der Waals surface area contributed by atoms with Crippen LogP contribution in [0.25, 0.3) is 27.5 Å². The number of carbonyl (C=O) groups is 1. The monoisotopic (exact) mass is 623 g/mol. The average Bonchev–Trinajstić information content (AvgIpc) is 3.56. The number of hydrogen-bond acceptors (Lipinski definition) is 6. The fourth-order valence-electron chi connectivity index (χ4n) is 4.93. The molecule has 0 saturated heterocycles. The zero-order valence-electron chi connectivity index (χ0n) is 22.9. The minimum Gasteiger partial charge on any atom is -0.476 e. The molecule has 1 atom stereocenters. The predicted octanol–water partition coefficient (Wildman–Crippen LogP) is 6.73. The molecule has 0 spiro atoms. The van der Waals surface area contributed by atoms with Gasteiger partial charge in [0.05, 0.1) is 18.5 Å². The van der Waals surface area contributed by atoms with Crippen LogP contribution < -0.4 is 5.14 Å². The molecule has 1 unspecified atom stereocenters. The third-order valence-electron chi connectivity index (χ3n) is 7.36. The highest BCUT2D eigenvalue weighted by atomic mass is 32.2. The van der Waals surface area contributed by atoms with Crippen LogP contribution in [0.1, 0.15) is 40.2 Å². The maximum absolute atomic E-state index is 15.5. The van der Waals surface area contributed by atoms with Crippen molar-refractivity contribution >= 4 is 28.7 Å². The van der Waals surface area contributed by atoms with Crippen LogP contribution >= 0.6 is 11.3 Å². The van der Waals surface area contributed by atoms with Crippen molar-refractivity contribution in [3.63, 3.8) is 0 Å². The van der Waals surface area contributed by atoms with Crippen molar-refractivity contribution in [1.29, 1.82) is 0 Å². The van der Waals surface area contributed by atoms with Crippen molar-refractivity contribution in [2.45, 2.75) is 30.6 Å². The number of nitrogens with zero attached hydrogens (tertiary/aromatic N) is 3. The largest absolute Gasteiger partial charge is 0.476 e. The number of aromatic nitrogens is 3. The molecule has 3 aromatic carbocycles. The highest BCUT2D eigenvalue weighted by Crippen LogP contribution is 2.39. The van der Waals surface area contributed by atoms with E-state index < -0.39 is 34.8 Å². The highest BCUT2D eigenvalue weighted by Gasteiger charge is 2.30. The maximum Gasteiger partial charge on any atom is 0.355 e. The number of aromatic carboxylic acids is 1. The molecule has 3 N–H and O–H groups in total. The quantitative estimate of drug-likeness (QED) is 0.167. The summed E-state index contributed by atoms with van der Waals surface area (Å²) in [4.78, 5) is 16.4. The molecule has 6 rings (SSSR count). The molecule has 2 aromatic heterocycles. The van der Waals surface area contributed by atoms with E-state index in [1.807, 2.05) is 0 Å². The summed E-state index contributed by atoms with van der Waals surface area (Å²) in [5.74, 6) is -2.13. The Bertz CT molecular complexity index is 1820. The van der Waals surface area contributed by atoms with Crippen LogP contribution in [0.2, 0.25) is 0 Å². The summed E-state index contributed by atoms with van der Waals surface area (Å²) in [5, 5.41) is 22.2. The van der Waals surface area contributed by atoms with E-state index in [1.165, 1.54) is 48.9 Å². The lowest BCUT2D eigenvalue weighted by molar-refractivity contribution is 0.0691.